The highest BCUT2D eigenvalue weighted by Gasteiger charge is 2.81. The molecule has 0 spiro atoms. The Hall–Kier alpha value is -1.45. The maximum atomic E-state index is 14.2. The Labute approximate surface area is 143 Å². The van der Waals surface area contributed by atoms with E-state index in [1.54, 1.807) is 18.2 Å². The van der Waals surface area contributed by atoms with Gasteiger partial charge >= 0.3 is 18.3 Å². The smallest absolute Gasteiger partial charge is 0.390 e. The molecule has 2 unspecified atom stereocenters. The van der Waals surface area contributed by atoms with E-state index in [0.29, 0.717) is 5.56 Å². The van der Waals surface area contributed by atoms with Crippen molar-refractivity contribution in [3.05, 3.63) is 35.9 Å². The number of halogens is 9. The summed E-state index contributed by atoms with van der Waals surface area (Å²) < 4.78 is 117. The molecule has 0 aromatic heterocycles. The molecule has 0 saturated heterocycles. The molecule has 26 heavy (non-hydrogen) atoms. The fraction of sp³-hybridized carbons (Fsp3) is 0.625. The van der Waals surface area contributed by atoms with Crippen molar-refractivity contribution >= 4 is 0 Å². The van der Waals surface area contributed by atoms with Crippen molar-refractivity contribution in [2.24, 2.45) is 0 Å². The first-order chi connectivity index (χ1) is 11.6. The van der Waals surface area contributed by atoms with E-state index in [0.717, 1.165) is 6.92 Å². The van der Waals surface area contributed by atoms with Crippen LogP contribution >= 0.6 is 0 Å². The lowest BCUT2D eigenvalue weighted by Crippen LogP contribution is -2.64. The van der Waals surface area contributed by atoms with Gasteiger partial charge in [-0.25, -0.2) is 4.39 Å². The van der Waals surface area contributed by atoms with Crippen LogP contribution in [0.5, 0.6) is 0 Å². The summed E-state index contributed by atoms with van der Waals surface area (Å²) in [7, 11) is 0. The second kappa shape index (κ2) is 7.28. The highest BCUT2D eigenvalue weighted by Crippen LogP contribution is 2.56. The van der Waals surface area contributed by atoms with Gasteiger partial charge in [0.1, 0.15) is 0 Å². The third-order valence-electron chi connectivity index (χ3n) is 4.26. The number of rotatable bonds is 7. The molecule has 0 aliphatic carbocycles. The Morgan fingerprint density at radius 3 is 1.69 bits per heavy atom. The fourth-order valence-corrected chi connectivity index (χ4v) is 2.48. The van der Waals surface area contributed by atoms with Gasteiger partial charge in [-0.15, -0.1) is 0 Å². The largest absolute Gasteiger partial charge is 0.457 e. The van der Waals surface area contributed by atoms with Crippen molar-refractivity contribution in [3.8, 4) is 0 Å². The van der Waals surface area contributed by atoms with Crippen LogP contribution in [0.25, 0.3) is 0 Å². The second-order valence-corrected chi connectivity index (χ2v) is 6.11. The summed E-state index contributed by atoms with van der Waals surface area (Å²) >= 11 is 0. The van der Waals surface area contributed by atoms with Crippen molar-refractivity contribution in [3.63, 3.8) is 0 Å². The van der Waals surface area contributed by atoms with Gasteiger partial charge in [0, 0.05) is 6.42 Å². The quantitative estimate of drug-likeness (QED) is 0.594. The lowest BCUT2D eigenvalue weighted by Gasteiger charge is -2.40. The van der Waals surface area contributed by atoms with Gasteiger partial charge < -0.3 is 5.11 Å². The average Bonchev–Trinajstić information content (AvgIpc) is 2.51. The van der Waals surface area contributed by atoms with E-state index in [2.05, 4.69) is 0 Å². The molecule has 0 saturated carbocycles. The summed E-state index contributed by atoms with van der Waals surface area (Å²) in [4.78, 5) is 0. The van der Waals surface area contributed by atoms with E-state index < -0.39 is 48.8 Å². The molecule has 1 rings (SSSR count). The fourth-order valence-electron chi connectivity index (χ4n) is 2.48. The first kappa shape index (κ1) is 22.6. The van der Waals surface area contributed by atoms with Gasteiger partial charge in [0.2, 0.25) is 0 Å². The molecule has 0 amide bonds. The number of aryl methyl sites for hydroxylation is 1. The molecule has 2 atom stereocenters. The van der Waals surface area contributed by atoms with Gasteiger partial charge in [-0.05, 0) is 24.8 Å². The molecule has 10 heteroatoms. The second-order valence-electron chi connectivity index (χ2n) is 6.11. The summed E-state index contributed by atoms with van der Waals surface area (Å²) in [6.07, 6.45) is -17.1. The molecule has 1 N–H and O–H groups in total. The van der Waals surface area contributed by atoms with Crippen molar-refractivity contribution < 1.29 is 44.6 Å². The summed E-state index contributed by atoms with van der Waals surface area (Å²) in [5, 5.41) is 10.2. The lowest BCUT2D eigenvalue weighted by molar-refractivity contribution is -0.390. The van der Waals surface area contributed by atoms with Gasteiger partial charge in [-0.1, -0.05) is 37.3 Å². The summed E-state index contributed by atoms with van der Waals surface area (Å²) in [5.41, 5.74) is -8.17. The first-order valence-electron chi connectivity index (χ1n) is 7.56. The van der Waals surface area contributed by atoms with Crippen molar-refractivity contribution in [2.75, 3.05) is 0 Å². The Morgan fingerprint density at radius 1 is 0.808 bits per heavy atom. The molecule has 150 valence electrons. The molecular weight excluding hydrogens is 379 g/mol. The highest BCUT2D eigenvalue weighted by molar-refractivity contribution is 5.15. The summed E-state index contributed by atoms with van der Waals surface area (Å²) in [6.45, 7) is 1.08. The van der Waals surface area contributed by atoms with E-state index in [-0.39, 0.29) is 6.42 Å². The van der Waals surface area contributed by atoms with Crippen molar-refractivity contribution in [1.82, 2.24) is 0 Å². The van der Waals surface area contributed by atoms with Crippen LogP contribution in [0.2, 0.25) is 0 Å². The van der Waals surface area contributed by atoms with E-state index in [1.807, 2.05) is 0 Å². The minimum atomic E-state index is -6.77. The van der Waals surface area contributed by atoms with Crippen LogP contribution in [0.1, 0.15) is 31.7 Å². The zero-order chi connectivity index (χ0) is 20.4. The van der Waals surface area contributed by atoms with Gasteiger partial charge in [0.15, 0.2) is 0 Å². The molecule has 1 aromatic rings. The number of hydrogen-bond donors (Lipinski definition) is 1. The van der Waals surface area contributed by atoms with E-state index in [9.17, 15) is 44.6 Å². The van der Waals surface area contributed by atoms with Gasteiger partial charge in [0.05, 0.1) is 5.60 Å². The first-order valence-corrected chi connectivity index (χ1v) is 7.56. The number of hydrogen-bond acceptors (Lipinski definition) is 1. The van der Waals surface area contributed by atoms with Crippen LogP contribution in [0.15, 0.2) is 30.3 Å². The van der Waals surface area contributed by atoms with E-state index in [4.69, 9.17) is 0 Å². The predicted octanol–water partition coefficient (Wildman–Crippen LogP) is 5.62. The molecule has 0 heterocycles. The third-order valence-corrected chi connectivity index (χ3v) is 4.26. The molecule has 0 aliphatic rings. The van der Waals surface area contributed by atoms with Crippen LogP contribution in [0.4, 0.5) is 39.5 Å². The molecule has 1 nitrogen and oxygen atoms in total. The van der Waals surface area contributed by atoms with Crippen molar-refractivity contribution in [2.45, 2.75) is 62.2 Å². The Kier molecular flexibility index (Phi) is 6.33. The molecule has 0 aliphatic heterocycles. The third kappa shape index (κ3) is 4.44. The van der Waals surface area contributed by atoms with E-state index in [1.165, 1.54) is 12.1 Å². The predicted molar refractivity (Wildman–Crippen MR) is 75.5 cm³/mol. The SMILES string of the molecule is CCC(O)(CCc1ccccc1)CC(F)(C(F)(F)F)C(F)(F)C(F)(F)F. The summed E-state index contributed by atoms with van der Waals surface area (Å²) in [5.74, 6) is -6.71. The van der Waals surface area contributed by atoms with Crippen LogP contribution in [0.3, 0.4) is 0 Å². The van der Waals surface area contributed by atoms with Crippen LogP contribution in [-0.4, -0.2) is 34.7 Å². The number of aliphatic hydroxyl groups is 1. The zero-order valence-electron chi connectivity index (χ0n) is 13.6. The zero-order valence-corrected chi connectivity index (χ0v) is 13.6. The van der Waals surface area contributed by atoms with Crippen LogP contribution in [0, 0.1) is 0 Å². The van der Waals surface area contributed by atoms with Crippen molar-refractivity contribution in [1.29, 1.82) is 0 Å². The maximum absolute atomic E-state index is 14.2. The highest BCUT2D eigenvalue weighted by atomic mass is 19.4. The van der Waals surface area contributed by atoms with Gasteiger partial charge in [0.25, 0.3) is 5.67 Å². The van der Waals surface area contributed by atoms with E-state index >= 15 is 0 Å². The topological polar surface area (TPSA) is 20.2 Å². The normalized spacial score (nSPS) is 18.3. The standard InChI is InChI=1S/C16H17F9O/c1-2-12(26,9-8-11-6-4-3-5-7-11)10-13(17,15(20,21)22)14(18,19)16(23,24)25/h3-7,26H,2,8-10H2,1H3. The minimum absolute atomic E-state index is 0.128. The van der Waals surface area contributed by atoms with Gasteiger partial charge in [-0.3, -0.25) is 0 Å². The van der Waals surface area contributed by atoms with Crippen LogP contribution < -0.4 is 0 Å². The Balaban J connectivity index is 3.18. The molecule has 1 aromatic carbocycles. The number of benzene rings is 1. The number of alkyl halides is 9. The molecule has 0 radical (unpaired) electrons. The average molecular weight is 396 g/mol. The molecule has 0 fully saturated rings. The maximum Gasteiger partial charge on any atom is 0.457 e. The van der Waals surface area contributed by atoms with Crippen LogP contribution in [-0.2, 0) is 6.42 Å². The summed E-state index contributed by atoms with van der Waals surface area (Å²) in [6, 6.07) is 7.79. The molecule has 0 bridgehead atoms. The monoisotopic (exact) mass is 396 g/mol. The molecular formula is C16H17F9O. The van der Waals surface area contributed by atoms with Gasteiger partial charge in [-0.2, -0.15) is 35.1 Å². The Bertz CT molecular complexity index is 582. The Morgan fingerprint density at radius 2 is 1.31 bits per heavy atom. The minimum Gasteiger partial charge on any atom is -0.390 e. The lowest BCUT2D eigenvalue weighted by atomic mass is 9.78.